The highest BCUT2D eigenvalue weighted by atomic mass is 16.6. The molecule has 0 saturated heterocycles. The quantitative estimate of drug-likeness (QED) is 0.393. The van der Waals surface area contributed by atoms with Gasteiger partial charge in [-0.15, -0.1) is 0 Å². The number of hydrogen-bond donors (Lipinski definition) is 0. The molecule has 0 spiro atoms. The molecule has 0 atom stereocenters. The second-order valence-electron chi connectivity index (χ2n) is 5.24. The van der Waals surface area contributed by atoms with Crippen LogP contribution in [0.25, 0.3) is 0 Å². The summed E-state index contributed by atoms with van der Waals surface area (Å²) in [4.78, 5) is 22.9. The van der Waals surface area contributed by atoms with Gasteiger partial charge in [-0.1, -0.05) is 0 Å². The molecule has 0 aliphatic heterocycles. The van der Waals surface area contributed by atoms with Gasteiger partial charge in [-0.3, -0.25) is 10.1 Å². The number of carbonyl (C=O) groups is 1. The van der Waals surface area contributed by atoms with Crippen molar-refractivity contribution >= 4 is 11.7 Å². The van der Waals surface area contributed by atoms with E-state index < -0.39 is 10.9 Å². The van der Waals surface area contributed by atoms with Crippen molar-refractivity contribution in [2.24, 2.45) is 0 Å². The Hall–Kier alpha value is -3.49. The van der Waals surface area contributed by atoms with Crippen molar-refractivity contribution in [1.82, 2.24) is 0 Å². The molecule has 9 heteroatoms. The second kappa shape index (κ2) is 8.75. The number of non-ortho nitro benzene ring substituents is 1. The standard InChI is InChI=1S/C18H19NO8/c1-23-14-6-5-12(19(21)22)7-11(14)10-27-18(20)13-8-16(25-3)17(26-4)9-15(13)24-2/h5-9H,10H2,1-4H3. The van der Waals surface area contributed by atoms with Gasteiger partial charge in [-0.2, -0.15) is 0 Å². The predicted molar refractivity (Wildman–Crippen MR) is 94.9 cm³/mol. The fourth-order valence-corrected chi connectivity index (χ4v) is 2.40. The molecule has 0 aromatic heterocycles. The molecule has 0 radical (unpaired) electrons. The summed E-state index contributed by atoms with van der Waals surface area (Å²) in [5, 5.41) is 10.9. The highest BCUT2D eigenvalue weighted by molar-refractivity contribution is 5.93. The highest BCUT2D eigenvalue weighted by Crippen LogP contribution is 2.35. The van der Waals surface area contributed by atoms with Crippen LogP contribution in [0.3, 0.4) is 0 Å². The fourth-order valence-electron chi connectivity index (χ4n) is 2.40. The second-order valence-corrected chi connectivity index (χ2v) is 5.24. The summed E-state index contributed by atoms with van der Waals surface area (Å²) in [7, 11) is 5.72. The van der Waals surface area contributed by atoms with E-state index in [2.05, 4.69) is 0 Å². The highest BCUT2D eigenvalue weighted by Gasteiger charge is 2.20. The summed E-state index contributed by atoms with van der Waals surface area (Å²) < 4.78 is 26.0. The zero-order valence-electron chi connectivity index (χ0n) is 15.3. The van der Waals surface area contributed by atoms with Gasteiger partial charge < -0.3 is 23.7 Å². The zero-order chi connectivity index (χ0) is 20.0. The third-order valence-electron chi connectivity index (χ3n) is 3.76. The SMILES string of the molecule is COc1ccc([N+](=O)[O-])cc1COC(=O)c1cc(OC)c(OC)cc1OC. The smallest absolute Gasteiger partial charge is 0.342 e. The van der Waals surface area contributed by atoms with Gasteiger partial charge in [0.05, 0.1) is 33.4 Å². The van der Waals surface area contributed by atoms with E-state index in [1.165, 1.54) is 58.8 Å². The molecule has 27 heavy (non-hydrogen) atoms. The number of nitro benzene ring substituents is 1. The topological polar surface area (TPSA) is 106 Å². The number of benzene rings is 2. The molecule has 0 heterocycles. The molecule has 0 fully saturated rings. The number of nitrogens with zero attached hydrogens (tertiary/aromatic N) is 1. The summed E-state index contributed by atoms with van der Waals surface area (Å²) in [6.45, 7) is -0.221. The molecule has 0 aliphatic carbocycles. The van der Waals surface area contributed by atoms with Crippen molar-refractivity contribution in [2.75, 3.05) is 28.4 Å². The van der Waals surface area contributed by atoms with Crippen LogP contribution in [0.2, 0.25) is 0 Å². The Kier molecular flexibility index (Phi) is 6.42. The average molecular weight is 377 g/mol. The summed E-state index contributed by atoms with van der Waals surface area (Å²) in [5.74, 6) is 0.641. The lowest BCUT2D eigenvalue weighted by Gasteiger charge is -2.14. The van der Waals surface area contributed by atoms with Crippen molar-refractivity contribution in [1.29, 1.82) is 0 Å². The molecule has 0 amide bonds. The van der Waals surface area contributed by atoms with Crippen molar-refractivity contribution in [3.8, 4) is 23.0 Å². The number of nitro groups is 1. The number of carbonyl (C=O) groups excluding carboxylic acids is 1. The Bertz CT molecular complexity index is 849. The lowest BCUT2D eigenvalue weighted by molar-refractivity contribution is -0.385. The largest absolute Gasteiger partial charge is 0.496 e. The molecular formula is C18H19NO8. The van der Waals surface area contributed by atoms with Crippen LogP contribution < -0.4 is 18.9 Å². The molecular weight excluding hydrogens is 358 g/mol. The molecule has 0 N–H and O–H groups in total. The Morgan fingerprint density at radius 1 is 0.889 bits per heavy atom. The van der Waals surface area contributed by atoms with Gasteiger partial charge in [-0.25, -0.2) is 4.79 Å². The lowest BCUT2D eigenvalue weighted by Crippen LogP contribution is -2.09. The summed E-state index contributed by atoms with van der Waals surface area (Å²) >= 11 is 0. The number of rotatable bonds is 8. The lowest BCUT2D eigenvalue weighted by atomic mass is 10.1. The monoisotopic (exact) mass is 377 g/mol. The van der Waals surface area contributed by atoms with E-state index in [0.29, 0.717) is 22.8 Å². The molecule has 2 aromatic rings. The number of esters is 1. The van der Waals surface area contributed by atoms with Crippen molar-refractivity contribution < 1.29 is 33.4 Å². The molecule has 144 valence electrons. The van der Waals surface area contributed by atoms with Crippen LogP contribution in [0.4, 0.5) is 5.69 Å². The zero-order valence-corrected chi connectivity index (χ0v) is 15.3. The van der Waals surface area contributed by atoms with E-state index in [4.69, 9.17) is 23.7 Å². The molecule has 0 saturated carbocycles. The molecule has 0 aliphatic rings. The van der Waals surface area contributed by atoms with Gasteiger partial charge in [-0.05, 0) is 6.07 Å². The van der Waals surface area contributed by atoms with E-state index in [-0.39, 0.29) is 23.6 Å². The maximum atomic E-state index is 12.5. The van der Waals surface area contributed by atoms with E-state index in [1.54, 1.807) is 0 Å². The average Bonchev–Trinajstić information content (AvgIpc) is 2.70. The molecule has 9 nitrogen and oxygen atoms in total. The van der Waals surface area contributed by atoms with Crippen molar-refractivity contribution in [3.63, 3.8) is 0 Å². The minimum atomic E-state index is -0.693. The number of hydrogen-bond acceptors (Lipinski definition) is 8. The van der Waals surface area contributed by atoms with E-state index in [0.717, 1.165) is 0 Å². The van der Waals surface area contributed by atoms with Crippen LogP contribution in [0.5, 0.6) is 23.0 Å². The summed E-state index contributed by atoms with van der Waals surface area (Å²) in [6.07, 6.45) is 0. The van der Waals surface area contributed by atoms with Crippen LogP contribution >= 0.6 is 0 Å². The van der Waals surface area contributed by atoms with Crippen molar-refractivity contribution in [3.05, 3.63) is 51.6 Å². The first-order valence-electron chi connectivity index (χ1n) is 7.73. The first kappa shape index (κ1) is 19.8. The third kappa shape index (κ3) is 4.38. The molecule has 0 unspecified atom stereocenters. The molecule has 2 aromatic carbocycles. The van der Waals surface area contributed by atoms with E-state index in [1.807, 2.05) is 0 Å². The maximum Gasteiger partial charge on any atom is 0.342 e. The van der Waals surface area contributed by atoms with E-state index >= 15 is 0 Å². The Morgan fingerprint density at radius 3 is 2.04 bits per heavy atom. The first-order chi connectivity index (χ1) is 12.9. The summed E-state index contributed by atoms with van der Waals surface area (Å²) in [6, 6.07) is 6.98. The van der Waals surface area contributed by atoms with Crippen LogP contribution in [0.1, 0.15) is 15.9 Å². The van der Waals surface area contributed by atoms with Crippen LogP contribution in [0.15, 0.2) is 30.3 Å². The Balaban J connectivity index is 2.28. The first-order valence-corrected chi connectivity index (χ1v) is 7.73. The predicted octanol–water partition coefficient (Wildman–Crippen LogP) is 2.99. The fraction of sp³-hybridized carbons (Fsp3) is 0.278. The normalized spacial score (nSPS) is 10.1. The minimum Gasteiger partial charge on any atom is -0.496 e. The van der Waals surface area contributed by atoms with Gasteiger partial charge >= 0.3 is 5.97 Å². The maximum absolute atomic E-state index is 12.5. The third-order valence-corrected chi connectivity index (χ3v) is 3.76. The van der Waals surface area contributed by atoms with Gasteiger partial charge in [0.15, 0.2) is 11.5 Å². The minimum absolute atomic E-state index is 0.125. The Morgan fingerprint density at radius 2 is 1.48 bits per heavy atom. The van der Waals surface area contributed by atoms with Crippen LogP contribution in [0, 0.1) is 10.1 Å². The van der Waals surface area contributed by atoms with Gasteiger partial charge in [0.25, 0.3) is 5.69 Å². The van der Waals surface area contributed by atoms with Gasteiger partial charge in [0, 0.05) is 29.8 Å². The molecule has 0 bridgehead atoms. The van der Waals surface area contributed by atoms with E-state index in [9.17, 15) is 14.9 Å². The van der Waals surface area contributed by atoms with Gasteiger partial charge in [0.1, 0.15) is 23.7 Å². The summed E-state index contributed by atoms with van der Waals surface area (Å²) in [5.41, 5.74) is 0.351. The van der Waals surface area contributed by atoms with Gasteiger partial charge in [0.2, 0.25) is 0 Å². The van der Waals surface area contributed by atoms with Crippen molar-refractivity contribution in [2.45, 2.75) is 6.61 Å². The van der Waals surface area contributed by atoms with Crippen LogP contribution in [-0.2, 0) is 11.3 Å². The molecule has 2 rings (SSSR count). The number of methoxy groups -OCH3 is 4. The number of ether oxygens (including phenoxy) is 5. The Labute approximate surface area is 155 Å². The van der Waals surface area contributed by atoms with Crippen LogP contribution in [-0.4, -0.2) is 39.3 Å².